The molecule has 1 aromatic heterocycles. The Labute approximate surface area is 190 Å². The zero-order valence-corrected chi connectivity index (χ0v) is 19.7. The number of amides is 1. The largest absolute Gasteiger partial charge is 0.319 e. The number of carbonyl (C=O) groups excluding carboxylic acids is 1. The van der Waals surface area contributed by atoms with E-state index in [1.54, 1.807) is 12.1 Å². The standard InChI is InChI=1S/C25H29N3O3S/c1-17(2)22-14-20(19-10-6-5-7-11-19)15-23(18(3)4)28(22)16-25(29)27-21-12-8-9-13-24(21)32(26,30)31/h5-15,17-18H,16H2,1-4H3,(H2-,26,27,29,30,31)/p+1. The monoisotopic (exact) mass is 452 g/mol. The average molecular weight is 453 g/mol. The second-order valence-corrected chi connectivity index (χ2v) is 9.97. The van der Waals surface area contributed by atoms with Crippen molar-refractivity contribution in [2.45, 2.75) is 51.0 Å². The fourth-order valence-corrected chi connectivity index (χ4v) is 4.45. The van der Waals surface area contributed by atoms with E-state index in [4.69, 9.17) is 5.14 Å². The quantitative estimate of drug-likeness (QED) is 0.527. The Morgan fingerprint density at radius 2 is 1.41 bits per heavy atom. The maximum atomic E-state index is 13.0. The molecular formula is C25H30N3O3S+. The summed E-state index contributed by atoms with van der Waals surface area (Å²) in [6.45, 7) is 8.45. The lowest BCUT2D eigenvalue weighted by Gasteiger charge is -2.16. The normalized spacial score (nSPS) is 11.7. The van der Waals surface area contributed by atoms with Crippen LogP contribution in [0.1, 0.15) is 50.9 Å². The molecule has 7 heteroatoms. The highest BCUT2D eigenvalue weighted by atomic mass is 32.2. The molecule has 0 saturated carbocycles. The van der Waals surface area contributed by atoms with Crippen molar-refractivity contribution in [1.82, 2.24) is 0 Å². The molecule has 3 rings (SSSR count). The van der Waals surface area contributed by atoms with E-state index in [2.05, 4.69) is 57.3 Å². The smallest absolute Gasteiger partial charge is 0.290 e. The molecule has 1 amide bonds. The Morgan fingerprint density at radius 3 is 1.94 bits per heavy atom. The zero-order chi connectivity index (χ0) is 23.5. The molecule has 0 aliphatic rings. The number of para-hydroxylation sites is 1. The Morgan fingerprint density at radius 1 is 0.875 bits per heavy atom. The molecule has 3 aromatic rings. The van der Waals surface area contributed by atoms with Crippen molar-refractivity contribution in [3.8, 4) is 11.1 Å². The highest BCUT2D eigenvalue weighted by Gasteiger charge is 2.27. The summed E-state index contributed by atoms with van der Waals surface area (Å²) in [6, 6.07) is 20.5. The van der Waals surface area contributed by atoms with Crippen LogP contribution in [-0.4, -0.2) is 14.3 Å². The van der Waals surface area contributed by atoms with Gasteiger partial charge in [-0.15, -0.1) is 0 Å². The van der Waals surface area contributed by atoms with Crippen LogP contribution in [0.4, 0.5) is 5.69 Å². The van der Waals surface area contributed by atoms with Gasteiger partial charge in [-0.2, -0.15) is 4.57 Å². The van der Waals surface area contributed by atoms with Gasteiger partial charge in [0.1, 0.15) is 4.90 Å². The van der Waals surface area contributed by atoms with E-state index < -0.39 is 10.0 Å². The zero-order valence-electron chi connectivity index (χ0n) is 18.9. The summed E-state index contributed by atoms with van der Waals surface area (Å²) in [5.74, 6) is 0.0451. The van der Waals surface area contributed by atoms with Crippen molar-refractivity contribution in [2.24, 2.45) is 5.14 Å². The maximum Gasteiger partial charge on any atom is 0.290 e. The molecule has 32 heavy (non-hydrogen) atoms. The molecule has 0 saturated heterocycles. The number of nitrogens with two attached hydrogens (primary N) is 1. The summed E-state index contributed by atoms with van der Waals surface area (Å²) in [7, 11) is -3.95. The van der Waals surface area contributed by atoms with E-state index in [1.165, 1.54) is 12.1 Å². The van der Waals surface area contributed by atoms with Crippen LogP contribution >= 0.6 is 0 Å². The molecule has 0 aliphatic carbocycles. The Kier molecular flexibility index (Phi) is 7.11. The molecule has 0 radical (unpaired) electrons. The number of rotatable bonds is 7. The maximum absolute atomic E-state index is 13.0. The number of aromatic nitrogens is 1. The Bertz CT molecular complexity index is 1190. The van der Waals surface area contributed by atoms with Gasteiger partial charge in [0.2, 0.25) is 16.6 Å². The molecule has 0 fully saturated rings. The highest BCUT2D eigenvalue weighted by Crippen LogP contribution is 2.26. The number of carbonyl (C=O) groups is 1. The van der Waals surface area contributed by atoms with Gasteiger partial charge >= 0.3 is 0 Å². The SMILES string of the molecule is CC(C)c1cc(-c2ccccc2)cc(C(C)C)[n+]1CC(=O)Nc1ccccc1S(N)(=O)=O. The first-order valence-corrected chi connectivity index (χ1v) is 12.2. The second kappa shape index (κ2) is 9.63. The van der Waals surface area contributed by atoms with Crippen LogP contribution in [0.15, 0.2) is 71.6 Å². The third-order valence-corrected chi connectivity index (χ3v) is 6.26. The van der Waals surface area contributed by atoms with E-state index >= 15 is 0 Å². The minimum Gasteiger partial charge on any atom is -0.319 e. The van der Waals surface area contributed by atoms with E-state index in [0.717, 1.165) is 22.5 Å². The third kappa shape index (κ3) is 5.41. The molecule has 168 valence electrons. The van der Waals surface area contributed by atoms with E-state index in [-0.39, 0.29) is 34.9 Å². The lowest BCUT2D eigenvalue weighted by Crippen LogP contribution is -2.48. The molecular weight excluding hydrogens is 422 g/mol. The van der Waals surface area contributed by atoms with Gasteiger partial charge in [0.25, 0.3) is 5.91 Å². The summed E-state index contributed by atoms with van der Waals surface area (Å²) in [5.41, 5.74) is 4.47. The van der Waals surface area contributed by atoms with Gasteiger partial charge in [0, 0.05) is 24.0 Å². The van der Waals surface area contributed by atoms with Gasteiger partial charge in [-0.25, -0.2) is 13.6 Å². The number of nitrogens with zero attached hydrogens (tertiary/aromatic N) is 1. The van der Waals surface area contributed by atoms with Crippen molar-refractivity contribution < 1.29 is 17.8 Å². The van der Waals surface area contributed by atoms with Crippen LogP contribution in [0.25, 0.3) is 11.1 Å². The highest BCUT2D eigenvalue weighted by molar-refractivity contribution is 7.89. The molecule has 1 heterocycles. The van der Waals surface area contributed by atoms with Gasteiger partial charge in [0.15, 0.2) is 11.4 Å². The first-order chi connectivity index (χ1) is 15.1. The molecule has 0 bridgehead atoms. The fourth-order valence-electron chi connectivity index (χ4n) is 3.75. The van der Waals surface area contributed by atoms with Gasteiger partial charge in [-0.05, 0) is 23.3 Å². The van der Waals surface area contributed by atoms with Crippen LogP contribution in [-0.2, 0) is 21.4 Å². The lowest BCUT2D eigenvalue weighted by molar-refractivity contribution is -0.700. The first kappa shape index (κ1) is 23.6. The van der Waals surface area contributed by atoms with E-state index in [1.807, 2.05) is 22.8 Å². The predicted octanol–water partition coefficient (Wildman–Crippen LogP) is 4.17. The van der Waals surface area contributed by atoms with Crippen LogP contribution < -0.4 is 15.0 Å². The number of primary sulfonamides is 1. The van der Waals surface area contributed by atoms with Crippen LogP contribution in [0.2, 0.25) is 0 Å². The van der Waals surface area contributed by atoms with Crippen molar-refractivity contribution in [3.05, 3.63) is 78.1 Å². The van der Waals surface area contributed by atoms with Gasteiger partial charge in [-0.1, -0.05) is 70.2 Å². The molecule has 0 unspecified atom stereocenters. The molecule has 2 aromatic carbocycles. The van der Waals surface area contributed by atoms with Crippen LogP contribution in [0.3, 0.4) is 0 Å². The summed E-state index contributed by atoms with van der Waals surface area (Å²) < 4.78 is 25.8. The second-order valence-electron chi connectivity index (χ2n) is 8.44. The van der Waals surface area contributed by atoms with Gasteiger partial charge in [0.05, 0.1) is 5.69 Å². The molecule has 3 N–H and O–H groups in total. The number of anilines is 1. The summed E-state index contributed by atoms with van der Waals surface area (Å²) >= 11 is 0. The lowest BCUT2D eigenvalue weighted by atomic mass is 9.97. The number of hydrogen-bond donors (Lipinski definition) is 2. The first-order valence-electron chi connectivity index (χ1n) is 10.6. The van der Waals surface area contributed by atoms with Crippen LogP contribution in [0, 0.1) is 0 Å². The Hall–Kier alpha value is -3.03. The van der Waals surface area contributed by atoms with Crippen molar-refractivity contribution >= 4 is 21.6 Å². The van der Waals surface area contributed by atoms with Crippen LogP contribution in [0.5, 0.6) is 0 Å². The molecule has 0 atom stereocenters. The summed E-state index contributed by atoms with van der Waals surface area (Å²) in [5, 5.41) is 8.03. The topological polar surface area (TPSA) is 93.1 Å². The number of hydrogen-bond acceptors (Lipinski definition) is 3. The fraction of sp³-hybridized carbons (Fsp3) is 0.280. The predicted molar refractivity (Wildman–Crippen MR) is 127 cm³/mol. The van der Waals surface area contributed by atoms with Crippen molar-refractivity contribution in [3.63, 3.8) is 0 Å². The number of sulfonamides is 1. The van der Waals surface area contributed by atoms with Crippen molar-refractivity contribution in [2.75, 3.05) is 5.32 Å². The number of benzene rings is 2. The van der Waals surface area contributed by atoms with Crippen molar-refractivity contribution in [1.29, 1.82) is 0 Å². The molecule has 6 nitrogen and oxygen atoms in total. The molecule has 0 spiro atoms. The van der Waals surface area contributed by atoms with E-state index in [9.17, 15) is 13.2 Å². The minimum absolute atomic E-state index is 0.0645. The summed E-state index contributed by atoms with van der Waals surface area (Å²) in [4.78, 5) is 12.9. The average Bonchev–Trinajstić information content (AvgIpc) is 2.73. The van der Waals surface area contributed by atoms with Gasteiger partial charge in [-0.3, -0.25) is 4.79 Å². The Balaban J connectivity index is 2.02. The summed E-state index contributed by atoms with van der Waals surface area (Å²) in [6.07, 6.45) is 0. The number of nitrogens with one attached hydrogen (secondary N) is 1. The third-order valence-electron chi connectivity index (χ3n) is 5.29. The van der Waals surface area contributed by atoms with E-state index in [0.29, 0.717) is 0 Å². The minimum atomic E-state index is -3.95. The molecule has 0 aliphatic heterocycles. The number of pyridine rings is 1. The van der Waals surface area contributed by atoms with Gasteiger partial charge < -0.3 is 5.32 Å².